The second kappa shape index (κ2) is 13.5. The molecule has 0 aliphatic carbocycles. The molecule has 3 aromatic heterocycles. The quantitative estimate of drug-likeness (QED) is 0.134. The minimum Gasteiger partial charge on any atom is -0.444 e. The van der Waals surface area contributed by atoms with Crippen molar-refractivity contribution >= 4 is 36.2 Å². The fraction of sp³-hybridized carbons (Fsp3) is 0.556. The van der Waals surface area contributed by atoms with Crippen LogP contribution in [0.1, 0.15) is 84.5 Å². The Labute approximate surface area is 278 Å². The lowest BCUT2D eigenvalue weighted by Crippen LogP contribution is -2.43. The molecule has 0 bridgehead atoms. The molecule has 11 heteroatoms. The Morgan fingerprint density at radius 3 is 2.43 bits per heavy atom. The van der Waals surface area contributed by atoms with Crippen LogP contribution in [0.5, 0.6) is 0 Å². The van der Waals surface area contributed by atoms with Gasteiger partial charge in [-0.05, 0) is 100 Å². The van der Waals surface area contributed by atoms with Crippen LogP contribution in [-0.2, 0) is 22.1 Å². The smallest absolute Gasteiger partial charge is 0.410 e. The first kappa shape index (κ1) is 34.8. The van der Waals surface area contributed by atoms with Crippen molar-refractivity contribution in [2.75, 3.05) is 19.7 Å². The molecule has 1 aliphatic heterocycles. The number of hydrogen-bond acceptors (Lipinski definition) is 6. The largest absolute Gasteiger partial charge is 0.444 e. The van der Waals surface area contributed by atoms with Gasteiger partial charge in [0, 0.05) is 43.5 Å². The summed E-state index contributed by atoms with van der Waals surface area (Å²) in [5, 5.41) is 1.85. The zero-order chi connectivity index (χ0) is 34.1. The third-order valence-corrected chi connectivity index (χ3v) is 14.2. The molecule has 1 saturated heterocycles. The van der Waals surface area contributed by atoms with Gasteiger partial charge < -0.3 is 14.1 Å². The Balaban J connectivity index is 1.40. The lowest BCUT2D eigenvalue weighted by molar-refractivity contribution is 0.0188. The Bertz CT molecular complexity index is 1800. The molecule has 1 aliphatic rings. The lowest BCUT2D eigenvalue weighted by atomic mass is 9.99. The number of unbranched alkanes of at least 4 members (excludes halogenated alkanes) is 1. The lowest BCUT2D eigenvalue weighted by Gasteiger charge is -2.36. The van der Waals surface area contributed by atoms with Gasteiger partial charge in [0.05, 0.1) is 29.5 Å². The van der Waals surface area contributed by atoms with Crippen LogP contribution in [0.25, 0.3) is 21.8 Å². The monoisotopic (exact) mass is 663 g/mol. The molecule has 9 nitrogen and oxygen atoms in total. The summed E-state index contributed by atoms with van der Waals surface area (Å²) >= 11 is 0. The van der Waals surface area contributed by atoms with Gasteiger partial charge in [0.25, 0.3) is 0 Å². The van der Waals surface area contributed by atoms with Crippen molar-refractivity contribution in [1.82, 2.24) is 24.0 Å². The van der Waals surface area contributed by atoms with E-state index < -0.39 is 13.9 Å². The number of aryl methyl sites for hydroxylation is 1. The van der Waals surface area contributed by atoms with Gasteiger partial charge in [0.2, 0.25) is 0 Å². The standard InChI is InChI=1S/C36H50FN5O4Si/c1-35(2,3)46-34(44)40-18-15-27(16-19-40)42-31-14-17-38-23-32(31)41(33(42)43)24-30-29(28-13-12-26(37)21-25(28)22-39-30)11-9-10-20-45-47(7,8)36(4,5)6/h12-14,17,21-23,27H,9-11,15-16,18-20,24H2,1-8H3. The molecule has 4 heterocycles. The van der Waals surface area contributed by atoms with E-state index in [1.165, 1.54) is 12.1 Å². The highest BCUT2D eigenvalue weighted by Gasteiger charge is 2.37. The minimum atomic E-state index is -1.84. The minimum absolute atomic E-state index is 0.0692. The van der Waals surface area contributed by atoms with Gasteiger partial charge in [-0.1, -0.05) is 26.8 Å². The molecule has 1 aromatic carbocycles. The van der Waals surface area contributed by atoms with Crippen molar-refractivity contribution in [3.8, 4) is 0 Å². The highest BCUT2D eigenvalue weighted by atomic mass is 28.4. The maximum Gasteiger partial charge on any atom is 0.410 e. The highest BCUT2D eigenvalue weighted by molar-refractivity contribution is 6.74. The van der Waals surface area contributed by atoms with Crippen molar-refractivity contribution in [2.24, 2.45) is 0 Å². The normalized spacial score (nSPS) is 15.1. The van der Waals surface area contributed by atoms with Crippen LogP contribution >= 0.6 is 0 Å². The predicted molar refractivity (Wildman–Crippen MR) is 187 cm³/mol. The molecular formula is C36H50FN5O4Si. The number of carbonyl (C=O) groups is 1. The number of benzene rings is 1. The molecule has 47 heavy (non-hydrogen) atoms. The van der Waals surface area contributed by atoms with Gasteiger partial charge in [-0.25, -0.2) is 14.0 Å². The zero-order valence-electron chi connectivity index (χ0n) is 29.2. The number of rotatable bonds is 9. The van der Waals surface area contributed by atoms with Gasteiger partial charge in [-0.3, -0.25) is 19.1 Å². The molecule has 1 fully saturated rings. The summed E-state index contributed by atoms with van der Waals surface area (Å²) in [6, 6.07) is 6.64. The molecule has 5 rings (SSSR count). The van der Waals surface area contributed by atoms with E-state index in [4.69, 9.17) is 14.1 Å². The second-order valence-corrected chi connectivity index (χ2v) is 20.1. The van der Waals surface area contributed by atoms with Crippen LogP contribution in [0.4, 0.5) is 9.18 Å². The first-order valence-electron chi connectivity index (χ1n) is 16.8. The molecule has 0 atom stereocenters. The molecule has 4 aromatic rings. The number of carbonyl (C=O) groups excluding carboxylic acids is 1. The third-order valence-electron chi connectivity index (χ3n) is 9.69. The fourth-order valence-electron chi connectivity index (χ4n) is 6.07. The summed E-state index contributed by atoms with van der Waals surface area (Å²) in [6.45, 7) is 18.8. The van der Waals surface area contributed by atoms with Crippen LogP contribution in [0.2, 0.25) is 18.1 Å². The van der Waals surface area contributed by atoms with Gasteiger partial charge in [0.1, 0.15) is 11.4 Å². The SMILES string of the molecule is CC(C)(C)OC(=O)N1CCC(n2c(=O)n(Cc3ncc4cc(F)ccc4c3CCCCO[Si](C)(C)C(C)(C)C)c3cnccc32)CC1. The zero-order valence-corrected chi connectivity index (χ0v) is 30.2. The maximum atomic E-state index is 14.2. The average molecular weight is 664 g/mol. The number of imidazole rings is 1. The van der Waals surface area contributed by atoms with Crippen LogP contribution in [-0.4, -0.2) is 63.7 Å². The van der Waals surface area contributed by atoms with E-state index in [1.54, 1.807) is 28.1 Å². The number of fused-ring (bicyclic) bond motifs is 2. The Kier molecular flexibility index (Phi) is 9.99. The van der Waals surface area contributed by atoms with Crippen molar-refractivity contribution < 1.29 is 18.3 Å². The van der Waals surface area contributed by atoms with Crippen LogP contribution in [0.3, 0.4) is 0 Å². The molecule has 0 N–H and O–H groups in total. The summed E-state index contributed by atoms with van der Waals surface area (Å²) < 4.78 is 29.8. The number of likely N-dealkylation sites (tertiary alicyclic amines) is 1. The van der Waals surface area contributed by atoms with Crippen molar-refractivity contribution in [3.05, 3.63) is 70.4 Å². The molecule has 0 spiro atoms. The second-order valence-electron chi connectivity index (χ2n) is 15.3. The molecule has 0 unspecified atom stereocenters. The van der Waals surface area contributed by atoms with Gasteiger partial charge in [-0.15, -0.1) is 0 Å². The average Bonchev–Trinajstić information content (AvgIpc) is 3.27. The van der Waals surface area contributed by atoms with Crippen LogP contribution in [0.15, 0.2) is 47.7 Å². The van der Waals surface area contributed by atoms with Crippen molar-refractivity contribution in [2.45, 2.75) is 110 Å². The molecule has 1 amide bonds. The third kappa shape index (κ3) is 7.78. The summed E-state index contributed by atoms with van der Waals surface area (Å²) in [5.41, 5.74) is 2.68. The number of nitrogens with zero attached hydrogens (tertiary/aromatic N) is 5. The van der Waals surface area contributed by atoms with Gasteiger partial charge >= 0.3 is 11.8 Å². The number of pyridine rings is 2. The first-order valence-corrected chi connectivity index (χ1v) is 19.7. The number of aromatic nitrogens is 4. The first-order chi connectivity index (χ1) is 22.1. The Morgan fingerprint density at radius 2 is 1.74 bits per heavy atom. The molecular weight excluding hydrogens is 614 g/mol. The molecule has 0 radical (unpaired) electrons. The van der Waals surface area contributed by atoms with E-state index in [0.717, 1.165) is 52.3 Å². The summed E-state index contributed by atoms with van der Waals surface area (Å²) in [6.07, 6.45) is 8.62. The number of amides is 1. The van der Waals surface area contributed by atoms with E-state index in [1.807, 2.05) is 37.5 Å². The van der Waals surface area contributed by atoms with E-state index in [-0.39, 0.29) is 35.2 Å². The van der Waals surface area contributed by atoms with Gasteiger partial charge in [0.15, 0.2) is 8.32 Å². The summed E-state index contributed by atoms with van der Waals surface area (Å²) in [4.78, 5) is 37.7. The van der Waals surface area contributed by atoms with E-state index >= 15 is 0 Å². The predicted octanol–water partition coefficient (Wildman–Crippen LogP) is 7.85. The Morgan fingerprint density at radius 1 is 1.02 bits per heavy atom. The summed E-state index contributed by atoms with van der Waals surface area (Å²) in [7, 11) is -1.84. The maximum absolute atomic E-state index is 14.2. The van der Waals surface area contributed by atoms with Crippen molar-refractivity contribution in [1.29, 1.82) is 0 Å². The topological polar surface area (TPSA) is 91.5 Å². The fourth-order valence-corrected chi connectivity index (χ4v) is 7.16. The Hall–Kier alpha value is -3.57. The number of ether oxygens (including phenoxy) is 1. The number of hydrogen-bond donors (Lipinski definition) is 0. The summed E-state index contributed by atoms with van der Waals surface area (Å²) in [5.74, 6) is -0.302. The van der Waals surface area contributed by atoms with E-state index in [0.29, 0.717) is 32.5 Å². The number of piperidine rings is 1. The van der Waals surface area contributed by atoms with Crippen LogP contribution < -0.4 is 5.69 Å². The number of halogens is 1. The molecule has 0 saturated carbocycles. The van der Waals surface area contributed by atoms with Crippen LogP contribution in [0, 0.1) is 5.82 Å². The van der Waals surface area contributed by atoms with Gasteiger partial charge in [-0.2, -0.15) is 0 Å². The van der Waals surface area contributed by atoms with Crippen molar-refractivity contribution in [3.63, 3.8) is 0 Å². The molecule has 254 valence electrons. The van der Waals surface area contributed by atoms with E-state index in [2.05, 4.69) is 38.8 Å². The van der Waals surface area contributed by atoms with E-state index in [9.17, 15) is 14.0 Å². The highest BCUT2D eigenvalue weighted by Crippen LogP contribution is 2.36.